The molecule has 0 aliphatic carbocycles. The van der Waals surface area contributed by atoms with Crippen LogP contribution in [0.15, 0.2) is 54.8 Å². The van der Waals surface area contributed by atoms with E-state index >= 15 is 4.39 Å². The molecule has 5 heterocycles. The van der Waals surface area contributed by atoms with Crippen molar-refractivity contribution in [3.05, 3.63) is 65.6 Å². The average molecular weight is 618 g/mol. The standard InChI is InChI=1S/C34H34ClF2N5O2/c1-19(34-10-4-11-42(34)17-21(36)16-34)44-33-39-31-27(32(40-33)41-12-9-22-7-8-23(18-41)38-22)15-28(35)29(30(31)37)26-14-24(43)13-20-5-2-3-6-25(20)26/h2-3,5-6,13-15,21-23,38,43H,1,4,7-12,16-18H2/t21-,22-,23+,34+/m1/s1. The minimum absolute atomic E-state index is 0.00758. The van der Waals surface area contributed by atoms with Gasteiger partial charge >= 0.3 is 6.01 Å². The molecule has 4 aliphatic heterocycles. The van der Waals surface area contributed by atoms with Gasteiger partial charge in [-0.2, -0.15) is 9.97 Å². The van der Waals surface area contributed by atoms with Gasteiger partial charge in [0.15, 0.2) is 5.82 Å². The zero-order valence-corrected chi connectivity index (χ0v) is 25.1. The van der Waals surface area contributed by atoms with Crippen molar-refractivity contribution in [3.8, 4) is 22.9 Å². The van der Waals surface area contributed by atoms with Crippen molar-refractivity contribution in [2.45, 2.75) is 62.3 Å². The first-order chi connectivity index (χ1) is 21.3. The summed E-state index contributed by atoms with van der Waals surface area (Å²) < 4.78 is 37.8. The Morgan fingerprint density at radius 3 is 2.80 bits per heavy atom. The lowest BCUT2D eigenvalue weighted by Crippen LogP contribution is -2.41. The molecule has 3 aromatic carbocycles. The molecular weight excluding hydrogens is 584 g/mol. The summed E-state index contributed by atoms with van der Waals surface area (Å²) in [5, 5.41) is 16.4. The number of anilines is 1. The van der Waals surface area contributed by atoms with Crippen molar-refractivity contribution in [1.82, 2.24) is 20.2 Å². The van der Waals surface area contributed by atoms with Crippen LogP contribution >= 0.6 is 11.6 Å². The number of fused-ring (bicyclic) bond motifs is 5. The molecule has 4 aromatic rings. The molecule has 0 spiro atoms. The van der Waals surface area contributed by atoms with E-state index in [2.05, 4.69) is 26.7 Å². The Kier molecular flexibility index (Phi) is 6.70. The quantitative estimate of drug-likeness (QED) is 0.240. The average Bonchev–Trinajstić information content (AvgIpc) is 3.64. The number of benzene rings is 3. The molecule has 4 atom stereocenters. The molecule has 228 valence electrons. The van der Waals surface area contributed by atoms with Gasteiger partial charge in [0.2, 0.25) is 0 Å². The first-order valence-corrected chi connectivity index (χ1v) is 15.9. The van der Waals surface area contributed by atoms with E-state index in [1.165, 1.54) is 6.07 Å². The predicted octanol–water partition coefficient (Wildman–Crippen LogP) is 6.75. The minimum Gasteiger partial charge on any atom is -0.508 e. The number of ether oxygens (including phenoxy) is 1. The van der Waals surface area contributed by atoms with Gasteiger partial charge in [0, 0.05) is 49.1 Å². The highest BCUT2D eigenvalue weighted by atomic mass is 35.5. The number of aromatic hydroxyl groups is 1. The van der Waals surface area contributed by atoms with E-state index in [9.17, 15) is 9.50 Å². The highest BCUT2D eigenvalue weighted by molar-refractivity contribution is 6.35. The van der Waals surface area contributed by atoms with Crippen LogP contribution in [0.3, 0.4) is 0 Å². The van der Waals surface area contributed by atoms with Crippen molar-refractivity contribution >= 4 is 39.1 Å². The topological polar surface area (TPSA) is 73.8 Å². The van der Waals surface area contributed by atoms with E-state index in [0.29, 0.717) is 54.1 Å². The summed E-state index contributed by atoms with van der Waals surface area (Å²) in [5.74, 6) is 0.330. The van der Waals surface area contributed by atoms with Crippen LogP contribution in [0.25, 0.3) is 32.8 Å². The monoisotopic (exact) mass is 617 g/mol. The zero-order valence-electron chi connectivity index (χ0n) is 24.3. The Morgan fingerprint density at radius 2 is 1.91 bits per heavy atom. The fourth-order valence-corrected chi connectivity index (χ4v) is 8.36. The summed E-state index contributed by atoms with van der Waals surface area (Å²) in [6.07, 6.45) is 4.17. The molecule has 4 fully saturated rings. The van der Waals surface area contributed by atoms with Crippen molar-refractivity contribution in [1.29, 1.82) is 0 Å². The third-order valence-corrected chi connectivity index (χ3v) is 10.4. The Labute approximate surface area is 259 Å². The van der Waals surface area contributed by atoms with Crippen LogP contribution in [-0.4, -0.2) is 69.9 Å². The lowest BCUT2D eigenvalue weighted by Gasteiger charge is -2.32. The SMILES string of the molecule is C=C(Oc1nc(N2CC[C@H]3CC[C@@H](C2)N3)c2cc(Cl)c(-c3cc(O)cc4ccccc34)c(F)c2n1)[C@@]12CCCN1C[C@H](F)C2. The van der Waals surface area contributed by atoms with Crippen LogP contribution in [0, 0.1) is 5.82 Å². The van der Waals surface area contributed by atoms with Crippen LogP contribution < -0.4 is 15.0 Å². The molecule has 8 rings (SSSR count). The molecular formula is C34H34ClF2N5O2. The number of aromatic nitrogens is 2. The van der Waals surface area contributed by atoms with Gasteiger partial charge in [-0.25, -0.2) is 8.78 Å². The molecule has 4 saturated heterocycles. The van der Waals surface area contributed by atoms with Crippen LogP contribution in [0.1, 0.15) is 38.5 Å². The molecule has 7 nitrogen and oxygen atoms in total. The molecule has 2 N–H and O–H groups in total. The third kappa shape index (κ3) is 4.51. The molecule has 0 radical (unpaired) electrons. The molecule has 4 aliphatic rings. The number of hydrogen-bond acceptors (Lipinski definition) is 7. The molecule has 10 heteroatoms. The lowest BCUT2D eigenvalue weighted by molar-refractivity contribution is 0.171. The molecule has 1 aromatic heterocycles. The normalized spacial score (nSPS) is 26.8. The van der Waals surface area contributed by atoms with Gasteiger partial charge in [-0.05, 0) is 73.2 Å². The van der Waals surface area contributed by atoms with E-state index in [0.717, 1.165) is 56.0 Å². The molecule has 0 saturated carbocycles. The van der Waals surface area contributed by atoms with Crippen molar-refractivity contribution in [2.75, 3.05) is 31.1 Å². The van der Waals surface area contributed by atoms with Crippen molar-refractivity contribution in [3.63, 3.8) is 0 Å². The maximum Gasteiger partial charge on any atom is 0.324 e. The van der Waals surface area contributed by atoms with Gasteiger partial charge < -0.3 is 20.1 Å². The van der Waals surface area contributed by atoms with E-state index in [-0.39, 0.29) is 27.9 Å². The number of phenolic OH excluding ortho intramolecular Hbond substituents is 1. The van der Waals surface area contributed by atoms with Crippen LogP contribution in [0.4, 0.5) is 14.6 Å². The molecule has 2 bridgehead atoms. The number of nitrogens with one attached hydrogen (secondary N) is 1. The van der Waals surface area contributed by atoms with Gasteiger partial charge in [0.05, 0.1) is 10.6 Å². The van der Waals surface area contributed by atoms with Crippen molar-refractivity contribution < 1.29 is 18.6 Å². The van der Waals surface area contributed by atoms with Gasteiger partial charge in [0.1, 0.15) is 29.0 Å². The number of hydrogen-bond donors (Lipinski definition) is 2. The van der Waals surface area contributed by atoms with E-state index in [1.54, 1.807) is 12.1 Å². The highest BCUT2D eigenvalue weighted by Crippen LogP contribution is 2.46. The van der Waals surface area contributed by atoms with Gasteiger partial charge in [-0.3, -0.25) is 4.90 Å². The maximum atomic E-state index is 16.9. The number of alkyl halides is 1. The second-order valence-corrected chi connectivity index (χ2v) is 13.2. The number of rotatable bonds is 5. The first kappa shape index (κ1) is 28.0. The molecule has 0 unspecified atom stereocenters. The van der Waals surface area contributed by atoms with E-state index in [1.807, 2.05) is 24.3 Å². The third-order valence-electron chi connectivity index (χ3n) is 10.1. The number of phenols is 1. The van der Waals surface area contributed by atoms with Gasteiger partial charge in [-0.15, -0.1) is 0 Å². The predicted molar refractivity (Wildman–Crippen MR) is 169 cm³/mol. The van der Waals surface area contributed by atoms with Crippen LogP contribution in [0.5, 0.6) is 11.8 Å². The summed E-state index contributed by atoms with van der Waals surface area (Å²) in [5.41, 5.74) is 0.0681. The van der Waals surface area contributed by atoms with Crippen LogP contribution in [-0.2, 0) is 0 Å². The Hall–Kier alpha value is -3.53. The fourth-order valence-electron chi connectivity index (χ4n) is 8.07. The summed E-state index contributed by atoms with van der Waals surface area (Å²) in [6.45, 7) is 6.82. The lowest BCUT2D eigenvalue weighted by atomic mass is 9.92. The molecule has 44 heavy (non-hydrogen) atoms. The molecule has 0 amide bonds. The van der Waals surface area contributed by atoms with Crippen LogP contribution in [0.2, 0.25) is 5.02 Å². The highest BCUT2D eigenvalue weighted by Gasteiger charge is 2.52. The van der Waals surface area contributed by atoms with Crippen molar-refractivity contribution in [2.24, 2.45) is 0 Å². The minimum atomic E-state index is -0.956. The maximum absolute atomic E-state index is 16.9. The summed E-state index contributed by atoms with van der Waals surface area (Å²) in [7, 11) is 0. The zero-order chi connectivity index (χ0) is 30.2. The summed E-state index contributed by atoms with van der Waals surface area (Å²) >= 11 is 6.89. The number of nitrogens with zero attached hydrogens (tertiary/aromatic N) is 4. The summed E-state index contributed by atoms with van der Waals surface area (Å²) in [6, 6.07) is 13.1. The van der Waals surface area contributed by atoms with E-state index in [4.69, 9.17) is 21.3 Å². The smallest absolute Gasteiger partial charge is 0.324 e. The first-order valence-electron chi connectivity index (χ1n) is 15.5. The second-order valence-electron chi connectivity index (χ2n) is 12.8. The fraction of sp³-hybridized carbons (Fsp3) is 0.412. The number of halogens is 3. The largest absolute Gasteiger partial charge is 0.508 e. The Morgan fingerprint density at radius 1 is 1.07 bits per heavy atom. The van der Waals surface area contributed by atoms with Gasteiger partial charge in [-0.1, -0.05) is 42.4 Å². The Bertz CT molecular complexity index is 1820. The van der Waals surface area contributed by atoms with E-state index < -0.39 is 17.5 Å². The second kappa shape index (κ2) is 10.5. The summed E-state index contributed by atoms with van der Waals surface area (Å²) in [4.78, 5) is 13.8. The van der Waals surface area contributed by atoms with Gasteiger partial charge in [0.25, 0.3) is 0 Å². The Balaban J connectivity index is 1.29.